The monoisotopic (exact) mass is 230 g/mol. The number of carbonyl (C=O) groups is 1. The van der Waals surface area contributed by atoms with Crippen molar-refractivity contribution in [2.24, 2.45) is 5.92 Å². The minimum Gasteiger partial charge on any atom is -0.290 e. The molecule has 17 heavy (non-hydrogen) atoms. The number of rotatable bonds is 7. The number of unbranched alkanes of at least 4 members (excludes halogenated alkanes) is 3. The van der Waals surface area contributed by atoms with E-state index in [0.29, 0.717) is 0 Å². The lowest BCUT2D eigenvalue weighted by Crippen LogP contribution is -2.01. The molecule has 0 aromatic heterocycles. The predicted octanol–water partition coefficient (Wildman–Crippen LogP) is 4.38. The number of hydrogen-bond acceptors (Lipinski definition) is 1. The van der Waals surface area contributed by atoms with E-state index in [1.807, 2.05) is 24.3 Å². The molecule has 0 aliphatic heterocycles. The van der Waals surface area contributed by atoms with Gasteiger partial charge >= 0.3 is 0 Å². The van der Waals surface area contributed by atoms with Crippen LogP contribution in [-0.4, -0.2) is 5.78 Å². The van der Waals surface area contributed by atoms with Gasteiger partial charge in [-0.15, -0.1) is 6.58 Å². The van der Waals surface area contributed by atoms with Gasteiger partial charge in [0.2, 0.25) is 0 Å². The maximum absolute atomic E-state index is 11.6. The second kappa shape index (κ2) is 7.83. The summed E-state index contributed by atoms with van der Waals surface area (Å²) >= 11 is 0. The SMILES string of the molecule is C=CCC1C=CC(=O)/C1=C/C=C/CCCCC. The third kappa shape index (κ3) is 4.56. The van der Waals surface area contributed by atoms with Crippen LogP contribution in [0.15, 0.2) is 48.6 Å². The standard InChI is InChI=1S/C16H22O/c1-3-5-6-7-8-9-11-15-14(10-4-2)12-13-16(15)17/h4,8-9,11-14H,2-3,5-7,10H2,1H3/b9-8+,15-11+. The van der Waals surface area contributed by atoms with Gasteiger partial charge in [0, 0.05) is 11.5 Å². The lowest BCUT2D eigenvalue weighted by atomic mass is 9.98. The topological polar surface area (TPSA) is 17.1 Å². The van der Waals surface area contributed by atoms with Crippen LogP contribution in [0, 0.1) is 5.92 Å². The molecule has 1 aliphatic carbocycles. The number of carbonyl (C=O) groups excluding carboxylic acids is 1. The number of ketones is 1. The third-order valence-corrected chi connectivity index (χ3v) is 2.97. The largest absolute Gasteiger partial charge is 0.290 e. The second-order valence-electron chi connectivity index (χ2n) is 4.40. The zero-order valence-electron chi connectivity index (χ0n) is 10.7. The average molecular weight is 230 g/mol. The van der Waals surface area contributed by atoms with Crippen LogP contribution >= 0.6 is 0 Å². The van der Waals surface area contributed by atoms with Crippen LogP contribution < -0.4 is 0 Å². The van der Waals surface area contributed by atoms with Gasteiger partial charge in [-0.05, 0) is 25.3 Å². The van der Waals surface area contributed by atoms with Crippen molar-refractivity contribution < 1.29 is 4.79 Å². The zero-order chi connectivity index (χ0) is 12.5. The van der Waals surface area contributed by atoms with E-state index in [9.17, 15) is 4.79 Å². The van der Waals surface area contributed by atoms with Crippen LogP contribution in [-0.2, 0) is 4.79 Å². The van der Waals surface area contributed by atoms with Crippen LogP contribution in [0.4, 0.5) is 0 Å². The van der Waals surface area contributed by atoms with E-state index in [0.717, 1.165) is 18.4 Å². The summed E-state index contributed by atoms with van der Waals surface area (Å²) in [6.07, 6.45) is 17.4. The van der Waals surface area contributed by atoms with Gasteiger partial charge in [0.05, 0.1) is 0 Å². The molecule has 92 valence electrons. The van der Waals surface area contributed by atoms with E-state index < -0.39 is 0 Å². The van der Waals surface area contributed by atoms with E-state index in [2.05, 4.69) is 19.6 Å². The summed E-state index contributed by atoms with van der Waals surface area (Å²) in [6.45, 7) is 5.93. The summed E-state index contributed by atoms with van der Waals surface area (Å²) in [5.41, 5.74) is 0.900. The first-order chi connectivity index (χ1) is 8.29. The number of hydrogen-bond donors (Lipinski definition) is 0. The Bertz CT molecular complexity index is 345. The van der Waals surface area contributed by atoms with Crippen molar-refractivity contribution in [3.05, 3.63) is 48.6 Å². The maximum atomic E-state index is 11.6. The molecule has 0 radical (unpaired) electrons. The van der Waals surface area contributed by atoms with Crippen LogP contribution in [0.2, 0.25) is 0 Å². The van der Waals surface area contributed by atoms with Gasteiger partial charge in [0.1, 0.15) is 0 Å². The molecule has 0 saturated heterocycles. The Kier molecular flexibility index (Phi) is 6.31. The molecule has 0 heterocycles. The molecule has 1 rings (SSSR count). The molecule has 1 atom stereocenters. The van der Waals surface area contributed by atoms with Crippen molar-refractivity contribution in [2.45, 2.75) is 39.0 Å². The first-order valence-corrected chi connectivity index (χ1v) is 6.49. The first kappa shape index (κ1) is 13.7. The lowest BCUT2D eigenvalue weighted by Gasteiger charge is -2.05. The van der Waals surface area contributed by atoms with E-state index in [1.54, 1.807) is 6.08 Å². The Labute approximate surface area is 105 Å². The molecule has 0 aromatic rings. The van der Waals surface area contributed by atoms with Crippen molar-refractivity contribution in [3.8, 4) is 0 Å². The van der Waals surface area contributed by atoms with Crippen molar-refractivity contribution in [2.75, 3.05) is 0 Å². The highest BCUT2D eigenvalue weighted by Gasteiger charge is 2.20. The summed E-state index contributed by atoms with van der Waals surface area (Å²) in [5, 5.41) is 0. The van der Waals surface area contributed by atoms with E-state index in [-0.39, 0.29) is 11.7 Å². The van der Waals surface area contributed by atoms with E-state index in [4.69, 9.17) is 0 Å². The van der Waals surface area contributed by atoms with Crippen molar-refractivity contribution in [1.29, 1.82) is 0 Å². The molecule has 0 aromatic carbocycles. The van der Waals surface area contributed by atoms with Gasteiger partial charge in [-0.25, -0.2) is 0 Å². The van der Waals surface area contributed by atoms with Crippen molar-refractivity contribution >= 4 is 5.78 Å². The average Bonchev–Trinajstić information content (AvgIpc) is 2.66. The van der Waals surface area contributed by atoms with Gasteiger partial charge in [0.25, 0.3) is 0 Å². The lowest BCUT2D eigenvalue weighted by molar-refractivity contribution is -0.111. The molecule has 1 nitrogen and oxygen atoms in total. The summed E-state index contributed by atoms with van der Waals surface area (Å²) < 4.78 is 0. The Morgan fingerprint density at radius 1 is 1.41 bits per heavy atom. The van der Waals surface area contributed by atoms with Gasteiger partial charge in [-0.2, -0.15) is 0 Å². The Hall–Kier alpha value is -1.37. The minimum atomic E-state index is 0.148. The Morgan fingerprint density at radius 3 is 2.94 bits per heavy atom. The highest BCUT2D eigenvalue weighted by atomic mass is 16.1. The fourth-order valence-corrected chi connectivity index (χ4v) is 1.96. The van der Waals surface area contributed by atoms with Gasteiger partial charge in [-0.1, -0.05) is 50.1 Å². The molecular formula is C16H22O. The molecule has 0 saturated carbocycles. The summed E-state index contributed by atoms with van der Waals surface area (Å²) in [6, 6.07) is 0. The summed E-state index contributed by atoms with van der Waals surface area (Å²) in [7, 11) is 0. The molecule has 0 N–H and O–H groups in total. The van der Waals surface area contributed by atoms with E-state index in [1.165, 1.54) is 19.3 Å². The molecule has 0 spiro atoms. The van der Waals surface area contributed by atoms with Crippen LogP contribution in [0.1, 0.15) is 39.0 Å². The number of allylic oxidation sites excluding steroid dienone is 7. The molecule has 1 unspecified atom stereocenters. The minimum absolute atomic E-state index is 0.148. The molecule has 0 amide bonds. The van der Waals surface area contributed by atoms with Crippen molar-refractivity contribution in [1.82, 2.24) is 0 Å². The van der Waals surface area contributed by atoms with Crippen molar-refractivity contribution in [3.63, 3.8) is 0 Å². The van der Waals surface area contributed by atoms with Crippen LogP contribution in [0.25, 0.3) is 0 Å². The Morgan fingerprint density at radius 2 is 2.24 bits per heavy atom. The van der Waals surface area contributed by atoms with Gasteiger partial charge < -0.3 is 0 Å². The third-order valence-electron chi connectivity index (χ3n) is 2.97. The van der Waals surface area contributed by atoms with Gasteiger partial charge in [0.15, 0.2) is 5.78 Å². The Balaban J connectivity index is 2.46. The molecule has 0 bridgehead atoms. The van der Waals surface area contributed by atoms with Gasteiger partial charge in [-0.3, -0.25) is 4.79 Å². The maximum Gasteiger partial charge on any atom is 0.182 e. The highest BCUT2D eigenvalue weighted by Crippen LogP contribution is 2.24. The van der Waals surface area contributed by atoms with Crippen LogP contribution in [0.5, 0.6) is 0 Å². The molecule has 1 aliphatic rings. The smallest absolute Gasteiger partial charge is 0.182 e. The van der Waals surface area contributed by atoms with Crippen LogP contribution in [0.3, 0.4) is 0 Å². The fraction of sp³-hybridized carbons (Fsp3) is 0.438. The normalized spacial score (nSPS) is 21.8. The quantitative estimate of drug-likeness (QED) is 0.360. The fourth-order valence-electron chi connectivity index (χ4n) is 1.96. The summed E-state index contributed by atoms with van der Waals surface area (Å²) in [4.78, 5) is 11.6. The summed E-state index contributed by atoms with van der Waals surface area (Å²) in [5.74, 6) is 0.385. The first-order valence-electron chi connectivity index (χ1n) is 6.49. The zero-order valence-corrected chi connectivity index (χ0v) is 10.7. The molecule has 0 fully saturated rings. The van der Waals surface area contributed by atoms with E-state index >= 15 is 0 Å². The predicted molar refractivity (Wildman–Crippen MR) is 73.8 cm³/mol. The molecule has 1 heteroatoms. The highest BCUT2D eigenvalue weighted by molar-refractivity contribution is 6.07. The second-order valence-corrected chi connectivity index (χ2v) is 4.40. The molecular weight excluding hydrogens is 208 g/mol.